The van der Waals surface area contributed by atoms with E-state index in [1.54, 1.807) is 6.07 Å². The third-order valence-electron chi connectivity index (χ3n) is 3.18. The second-order valence-corrected chi connectivity index (χ2v) is 4.98. The molecule has 0 saturated heterocycles. The molecule has 3 rings (SSSR count). The fourth-order valence-corrected chi connectivity index (χ4v) is 2.49. The zero-order chi connectivity index (χ0) is 14.1. The first kappa shape index (κ1) is 12.6. The van der Waals surface area contributed by atoms with E-state index in [4.69, 9.17) is 12.2 Å². The molecule has 1 heterocycles. The molecule has 1 aliphatic heterocycles. The predicted molar refractivity (Wildman–Crippen MR) is 82.1 cm³/mol. The quantitative estimate of drug-likeness (QED) is 0.478. The maximum Gasteiger partial charge on any atom is 0.270 e. The molecule has 2 aromatic rings. The summed E-state index contributed by atoms with van der Waals surface area (Å²) in [4.78, 5) is 15.7. The second kappa shape index (κ2) is 4.94. The Balaban J connectivity index is 2.09. The standard InChI is InChI=1S/C15H10N2O2S/c18-17(19)11-6-7-13-12(8-11)15(20)9-14(16-13)10-4-2-1-3-5-10/h1-8H,9H2. The smallest absolute Gasteiger partial charge is 0.258 e. The molecule has 0 unspecified atom stereocenters. The minimum absolute atomic E-state index is 0.0458. The van der Waals surface area contributed by atoms with Crippen molar-refractivity contribution in [2.45, 2.75) is 6.42 Å². The lowest BCUT2D eigenvalue weighted by molar-refractivity contribution is -0.384. The first-order valence-corrected chi connectivity index (χ1v) is 6.50. The lowest BCUT2D eigenvalue weighted by Crippen LogP contribution is -2.13. The molecule has 0 aromatic heterocycles. The highest BCUT2D eigenvalue weighted by molar-refractivity contribution is 7.81. The van der Waals surface area contributed by atoms with Crippen molar-refractivity contribution in [1.82, 2.24) is 0 Å². The van der Waals surface area contributed by atoms with Gasteiger partial charge in [-0.05, 0) is 11.6 Å². The summed E-state index contributed by atoms with van der Waals surface area (Å²) in [6, 6.07) is 14.4. The molecule has 0 spiro atoms. The molecule has 0 aliphatic carbocycles. The number of hydrogen-bond donors (Lipinski definition) is 0. The fraction of sp³-hybridized carbons (Fsp3) is 0.0667. The zero-order valence-corrected chi connectivity index (χ0v) is 11.3. The number of non-ortho nitro benzene ring substituents is 1. The van der Waals surface area contributed by atoms with Crippen LogP contribution in [0.25, 0.3) is 0 Å². The van der Waals surface area contributed by atoms with E-state index in [-0.39, 0.29) is 5.69 Å². The van der Waals surface area contributed by atoms with E-state index in [0.29, 0.717) is 22.5 Å². The molecule has 0 bridgehead atoms. The Morgan fingerprint density at radius 1 is 1.15 bits per heavy atom. The maximum atomic E-state index is 10.8. The second-order valence-electron chi connectivity index (χ2n) is 4.48. The number of nitro benzene ring substituents is 1. The van der Waals surface area contributed by atoms with Gasteiger partial charge in [0.2, 0.25) is 0 Å². The van der Waals surface area contributed by atoms with Gasteiger partial charge in [0.25, 0.3) is 5.69 Å². The van der Waals surface area contributed by atoms with Crippen molar-refractivity contribution in [1.29, 1.82) is 0 Å². The summed E-state index contributed by atoms with van der Waals surface area (Å²) in [6.07, 6.45) is 0.535. The van der Waals surface area contributed by atoms with Gasteiger partial charge in [-0.2, -0.15) is 0 Å². The predicted octanol–water partition coefficient (Wildman–Crippen LogP) is 3.84. The molecule has 0 amide bonds. The molecule has 0 saturated carbocycles. The van der Waals surface area contributed by atoms with Crippen LogP contribution in [0.1, 0.15) is 17.5 Å². The number of aliphatic imine (C=N–C) groups is 1. The summed E-state index contributed by atoms with van der Waals surface area (Å²) in [7, 11) is 0. The zero-order valence-electron chi connectivity index (χ0n) is 10.4. The van der Waals surface area contributed by atoms with Crippen molar-refractivity contribution in [2.24, 2.45) is 4.99 Å². The average molecular weight is 282 g/mol. The molecule has 0 N–H and O–H groups in total. The molecule has 0 atom stereocenters. The number of nitro groups is 1. The van der Waals surface area contributed by atoms with E-state index >= 15 is 0 Å². The Labute approximate surface area is 120 Å². The number of rotatable bonds is 2. The SMILES string of the molecule is O=[N+]([O-])c1ccc2c(c1)C(=S)CC(c1ccccc1)=N2. The Morgan fingerprint density at radius 3 is 2.60 bits per heavy atom. The van der Waals surface area contributed by atoms with Gasteiger partial charge in [-0.25, -0.2) is 0 Å². The van der Waals surface area contributed by atoms with Crippen molar-refractivity contribution in [3.05, 3.63) is 69.8 Å². The van der Waals surface area contributed by atoms with E-state index < -0.39 is 4.92 Å². The molecule has 1 aliphatic rings. The highest BCUT2D eigenvalue weighted by Crippen LogP contribution is 2.31. The lowest BCUT2D eigenvalue weighted by Gasteiger charge is -2.16. The molecular formula is C15H10N2O2S. The molecule has 4 nitrogen and oxygen atoms in total. The highest BCUT2D eigenvalue weighted by atomic mass is 32.1. The summed E-state index contributed by atoms with van der Waals surface area (Å²) in [5, 5.41) is 10.8. The molecule has 98 valence electrons. The van der Waals surface area contributed by atoms with Gasteiger partial charge in [0.1, 0.15) is 0 Å². The number of thiocarbonyl (C=S) groups is 1. The van der Waals surface area contributed by atoms with E-state index in [1.165, 1.54) is 12.1 Å². The molecule has 5 heteroatoms. The van der Waals surface area contributed by atoms with Crippen molar-refractivity contribution in [3.8, 4) is 0 Å². The van der Waals surface area contributed by atoms with Crippen LogP contribution in [0, 0.1) is 10.1 Å². The molecular weight excluding hydrogens is 272 g/mol. The van der Waals surface area contributed by atoms with Gasteiger partial charge < -0.3 is 0 Å². The van der Waals surface area contributed by atoms with Crippen molar-refractivity contribution in [2.75, 3.05) is 0 Å². The number of fused-ring (bicyclic) bond motifs is 1. The number of benzene rings is 2. The first-order valence-electron chi connectivity index (χ1n) is 6.10. The van der Waals surface area contributed by atoms with Crippen LogP contribution >= 0.6 is 12.2 Å². The maximum absolute atomic E-state index is 10.8. The fourth-order valence-electron chi connectivity index (χ4n) is 2.19. The van der Waals surface area contributed by atoms with E-state index in [0.717, 1.165) is 11.3 Å². The third-order valence-corrected chi connectivity index (χ3v) is 3.55. The van der Waals surface area contributed by atoms with Crippen LogP contribution in [0.2, 0.25) is 0 Å². The highest BCUT2D eigenvalue weighted by Gasteiger charge is 2.20. The Kier molecular flexibility index (Phi) is 3.12. The Bertz CT molecular complexity index is 739. The van der Waals surface area contributed by atoms with Crippen LogP contribution in [0.3, 0.4) is 0 Å². The third kappa shape index (κ3) is 2.23. The van der Waals surface area contributed by atoms with Gasteiger partial charge in [0, 0.05) is 29.0 Å². The number of hydrogen-bond acceptors (Lipinski definition) is 4. The largest absolute Gasteiger partial charge is 0.270 e. The van der Waals surface area contributed by atoms with Crippen LogP contribution < -0.4 is 0 Å². The number of nitrogens with zero attached hydrogens (tertiary/aromatic N) is 2. The molecule has 20 heavy (non-hydrogen) atoms. The summed E-state index contributed by atoms with van der Waals surface area (Å²) in [6.45, 7) is 0. The van der Waals surface area contributed by atoms with Crippen molar-refractivity contribution < 1.29 is 4.92 Å². The van der Waals surface area contributed by atoms with Gasteiger partial charge in [0.15, 0.2) is 0 Å². The Hall–Kier alpha value is -2.40. The topological polar surface area (TPSA) is 55.5 Å². The van der Waals surface area contributed by atoms with Crippen LogP contribution in [0.5, 0.6) is 0 Å². The normalized spacial score (nSPS) is 13.6. The van der Waals surface area contributed by atoms with E-state index in [2.05, 4.69) is 4.99 Å². The monoisotopic (exact) mass is 282 g/mol. The van der Waals surface area contributed by atoms with Crippen molar-refractivity contribution in [3.63, 3.8) is 0 Å². The first-order chi connectivity index (χ1) is 9.65. The molecule has 0 fully saturated rings. The average Bonchev–Trinajstić information content (AvgIpc) is 2.47. The van der Waals surface area contributed by atoms with Gasteiger partial charge in [0.05, 0.1) is 16.3 Å². The summed E-state index contributed by atoms with van der Waals surface area (Å²) >= 11 is 5.38. The van der Waals surface area contributed by atoms with Crippen molar-refractivity contribution >= 4 is 34.2 Å². The molecule has 2 aromatic carbocycles. The Morgan fingerprint density at radius 2 is 1.90 bits per heavy atom. The molecule has 0 radical (unpaired) electrons. The van der Waals surface area contributed by atoms with E-state index in [1.807, 2.05) is 30.3 Å². The van der Waals surface area contributed by atoms with Crippen LogP contribution in [0.4, 0.5) is 11.4 Å². The van der Waals surface area contributed by atoms with Gasteiger partial charge in [-0.15, -0.1) is 0 Å². The summed E-state index contributed by atoms with van der Waals surface area (Å²) < 4.78 is 0. The van der Waals surface area contributed by atoms with Gasteiger partial charge in [-0.3, -0.25) is 15.1 Å². The van der Waals surface area contributed by atoms with Crippen LogP contribution in [0.15, 0.2) is 53.5 Å². The summed E-state index contributed by atoms with van der Waals surface area (Å²) in [5.41, 5.74) is 3.36. The van der Waals surface area contributed by atoms with Crippen LogP contribution in [-0.2, 0) is 0 Å². The summed E-state index contributed by atoms with van der Waals surface area (Å²) in [5.74, 6) is 0. The van der Waals surface area contributed by atoms with Crippen LogP contribution in [-0.4, -0.2) is 15.5 Å². The van der Waals surface area contributed by atoms with Gasteiger partial charge >= 0.3 is 0 Å². The van der Waals surface area contributed by atoms with E-state index in [9.17, 15) is 10.1 Å². The minimum Gasteiger partial charge on any atom is -0.258 e. The minimum atomic E-state index is -0.417. The lowest BCUT2D eigenvalue weighted by atomic mass is 9.97. The van der Waals surface area contributed by atoms with Gasteiger partial charge in [-0.1, -0.05) is 42.5 Å².